The highest BCUT2D eigenvalue weighted by Gasteiger charge is 2.15. The molecule has 1 N–H and O–H groups in total. The summed E-state index contributed by atoms with van der Waals surface area (Å²) in [6.45, 7) is 0.335. The van der Waals surface area contributed by atoms with Crippen LogP contribution in [-0.4, -0.2) is 25.2 Å². The fraction of sp³-hybridized carbons (Fsp3) is 0.0690. The number of carbonyl (C=O) groups excluding carboxylic acids is 2. The number of halogens is 1. The second-order valence-corrected chi connectivity index (χ2v) is 8.16. The van der Waals surface area contributed by atoms with Gasteiger partial charge in [0, 0.05) is 0 Å². The normalized spacial score (nSPS) is 10.6. The lowest BCUT2D eigenvalue weighted by atomic mass is 10.2. The van der Waals surface area contributed by atoms with E-state index in [1.54, 1.807) is 66.7 Å². The predicted molar refractivity (Wildman–Crippen MR) is 142 cm³/mol. The van der Waals surface area contributed by atoms with Crippen LogP contribution in [0.25, 0.3) is 0 Å². The number of esters is 1. The molecule has 0 saturated carbocycles. The minimum atomic E-state index is -0.606. The van der Waals surface area contributed by atoms with E-state index >= 15 is 0 Å². The first-order chi connectivity index (χ1) is 18.0. The van der Waals surface area contributed by atoms with Crippen LogP contribution < -0.4 is 19.6 Å². The smallest absolute Gasteiger partial charge is 0.345 e. The lowest BCUT2D eigenvalue weighted by Gasteiger charge is -2.11. The van der Waals surface area contributed by atoms with E-state index in [0.29, 0.717) is 29.2 Å². The minimum Gasteiger partial charge on any atom is -0.493 e. The van der Waals surface area contributed by atoms with Crippen molar-refractivity contribution in [1.82, 2.24) is 5.43 Å². The van der Waals surface area contributed by atoms with Crippen LogP contribution in [0.3, 0.4) is 0 Å². The molecule has 4 aromatic carbocycles. The number of rotatable bonds is 9. The summed E-state index contributed by atoms with van der Waals surface area (Å²) >= 11 is 6.07. The maximum absolute atomic E-state index is 12.7. The highest BCUT2D eigenvalue weighted by Crippen LogP contribution is 2.29. The molecule has 0 radical (unpaired) electrons. The lowest BCUT2D eigenvalue weighted by Crippen LogP contribution is -2.18. The Morgan fingerprint density at radius 3 is 2.30 bits per heavy atom. The van der Waals surface area contributed by atoms with Gasteiger partial charge in [0.1, 0.15) is 12.4 Å². The number of hydrogen-bond donors (Lipinski definition) is 1. The number of methoxy groups -OCH3 is 1. The summed E-state index contributed by atoms with van der Waals surface area (Å²) in [6.07, 6.45) is 1.45. The van der Waals surface area contributed by atoms with Crippen molar-refractivity contribution < 1.29 is 23.8 Å². The first-order valence-electron chi connectivity index (χ1n) is 11.3. The number of para-hydroxylation sites is 1. The molecule has 0 unspecified atom stereocenters. The Kier molecular flexibility index (Phi) is 8.52. The van der Waals surface area contributed by atoms with E-state index in [1.165, 1.54) is 13.3 Å². The number of benzene rings is 4. The van der Waals surface area contributed by atoms with Gasteiger partial charge >= 0.3 is 5.97 Å². The van der Waals surface area contributed by atoms with E-state index in [4.69, 9.17) is 25.8 Å². The van der Waals surface area contributed by atoms with Crippen LogP contribution >= 0.6 is 11.6 Å². The van der Waals surface area contributed by atoms with Gasteiger partial charge in [-0.1, -0.05) is 66.2 Å². The zero-order valence-electron chi connectivity index (χ0n) is 19.9. The van der Waals surface area contributed by atoms with Crippen LogP contribution in [0.4, 0.5) is 0 Å². The molecular weight excluding hydrogens is 492 g/mol. The molecule has 8 heteroatoms. The zero-order chi connectivity index (χ0) is 26.0. The van der Waals surface area contributed by atoms with Crippen molar-refractivity contribution in [3.05, 3.63) is 124 Å². The van der Waals surface area contributed by atoms with Crippen LogP contribution in [0.1, 0.15) is 31.8 Å². The third-order valence-corrected chi connectivity index (χ3v) is 5.56. The molecule has 0 aromatic heterocycles. The SMILES string of the molecule is COc1cc(/C=N\NC(=O)c2ccccc2OCc2ccccc2)ccc1OC(=O)c1ccccc1Cl. The van der Waals surface area contributed by atoms with Gasteiger partial charge in [-0.15, -0.1) is 0 Å². The van der Waals surface area contributed by atoms with Gasteiger partial charge < -0.3 is 14.2 Å². The summed E-state index contributed by atoms with van der Waals surface area (Å²) in [4.78, 5) is 25.2. The minimum absolute atomic E-state index is 0.220. The van der Waals surface area contributed by atoms with Gasteiger partial charge in [-0.25, -0.2) is 10.2 Å². The molecule has 4 aromatic rings. The number of nitrogens with one attached hydrogen (secondary N) is 1. The quantitative estimate of drug-likeness (QED) is 0.130. The monoisotopic (exact) mass is 514 g/mol. The summed E-state index contributed by atoms with van der Waals surface area (Å²) in [5.74, 6) is -0.0401. The lowest BCUT2D eigenvalue weighted by molar-refractivity contribution is 0.0729. The summed E-state index contributed by atoms with van der Waals surface area (Å²) in [6, 6.07) is 28.1. The number of carbonyl (C=O) groups is 2. The molecule has 0 bridgehead atoms. The van der Waals surface area contributed by atoms with Crippen molar-refractivity contribution in [2.45, 2.75) is 6.61 Å². The molecule has 186 valence electrons. The second kappa shape index (κ2) is 12.4. The number of amides is 1. The molecular formula is C29H23ClN2O5. The standard InChI is InChI=1S/C29H23ClN2O5/c1-35-27-17-21(15-16-26(27)37-29(34)22-11-5-7-13-24(22)30)18-31-32-28(33)23-12-6-8-14-25(23)36-19-20-9-3-2-4-10-20/h2-18H,19H2,1H3,(H,32,33)/b31-18-. The Balaban J connectivity index is 1.40. The molecule has 0 aliphatic rings. The molecule has 4 rings (SSSR count). The Morgan fingerprint density at radius 1 is 0.838 bits per heavy atom. The van der Waals surface area contributed by atoms with Crippen molar-refractivity contribution in [3.63, 3.8) is 0 Å². The van der Waals surface area contributed by atoms with Crippen LogP contribution in [-0.2, 0) is 6.61 Å². The van der Waals surface area contributed by atoms with Crippen molar-refractivity contribution in [2.24, 2.45) is 5.10 Å². The zero-order valence-corrected chi connectivity index (χ0v) is 20.6. The van der Waals surface area contributed by atoms with Crippen molar-refractivity contribution in [3.8, 4) is 17.2 Å². The summed E-state index contributed by atoms with van der Waals surface area (Å²) in [5.41, 5.74) is 4.71. The molecule has 7 nitrogen and oxygen atoms in total. The van der Waals surface area contributed by atoms with Gasteiger partial charge in [0.05, 0.1) is 29.5 Å². The number of ether oxygens (including phenoxy) is 3. The molecule has 0 aliphatic carbocycles. The van der Waals surface area contributed by atoms with E-state index in [2.05, 4.69) is 10.5 Å². The first kappa shape index (κ1) is 25.5. The molecule has 37 heavy (non-hydrogen) atoms. The number of hydrogen-bond acceptors (Lipinski definition) is 6. The van der Waals surface area contributed by atoms with Crippen LogP contribution in [0.15, 0.2) is 102 Å². The van der Waals surface area contributed by atoms with Crippen LogP contribution in [0.2, 0.25) is 5.02 Å². The molecule has 0 fully saturated rings. The Labute approximate surface area is 219 Å². The highest BCUT2D eigenvalue weighted by atomic mass is 35.5. The predicted octanol–water partition coefficient (Wildman–Crippen LogP) is 5.91. The maximum Gasteiger partial charge on any atom is 0.345 e. The molecule has 0 saturated heterocycles. The van der Waals surface area contributed by atoms with Crippen molar-refractivity contribution in [2.75, 3.05) is 7.11 Å². The van der Waals surface area contributed by atoms with Gasteiger partial charge in [0.15, 0.2) is 11.5 Å². The summed E-state index contributed by atoms with van der Waals surface area (Å²) in [7, 11) is 1.46. The van der Waals surface area contributed by atoms with Crippen LogP contribution in [0, 0.1) is 0 Å². The van der Waals surface area contributed by atoms with Gasteiger partial charge in [0.25, 0.3) is 5.91 Å². The molecule has 0 atom stereocenters. The van der Waals surface area contributed by atoms with Gasteiger partial charge in [-0.3, -0.25) is 4.79 Å². The van der Waals surface area contributed by atoms with E-state index < -0.39 is 11.9 Å². The molecule has 0 aliphatic heterocycles. The molecule has 0 heterocycles. The first-order valence-corrected chi connectivity index (χ1v) is 11.7. The van der Waals surface area contributed by atoms with Crippen LogP contribution in [0.5, 0.6) is 17.2 Å². The fourth-order valence-corrected chi connectivity index (χ4v) is 3.58. The Morgan fingerprint density at radius 2 is 1.54 bits per heavy atom. The highest BCUT2D eigenvalue weighted by molar-refractivity contribution is 6.33. The van der Waals surface area contributed by atoms with Gasteiger partial charge in [-0.2, -0.15) is 5.10 Å². The van der Waals surface area contributed by atoms with E-state index in [-0.39, 0.29) is 16.3 Å². The molecule has 1 amide bonds. The summed E-state index contributed by atoms with van der Waals surface area (Å²) < 4.78 is 16.6. The number of nitrogens with zero attached hydrogens (tertiary/aromatic N) is 1. The Hall–Kier alpha value is -4.62. The largest absolute Gasteiger partial charge is 0.493 e. The third kappa shape index (κ3) is 6.74. The third-order valence-electron chi connectivity index (χ3n) is 5.23. The van der Waals surface area contributed by atoms with E-state index in [9.17, 15) is 9.59 Å². The summed E-state index contributed by atoms with van der Waals surface area (Å²) in [5, 5.41) is 4.33. The van der Waals surface area contributed by atoms with Crippen molar-refractivity contribution in [1.29, 1.82) is 0 Å². The average molecular weight is 515 g/mol. The topological polar surface area (TPSA) is 86.2 Å². The van der Waals surface area contributed by atoms with Gasteiger partial charge in [-0.05, 0) is 53.6 Å². The van der Waals surface area contributed by atoms with Crippen molar-refractivity contribution >= 4 is 29.7 Å². The fourth-order valence-electron chi connectivity index (χ4n) is 3.37. The number of hydrazone groups is 1. The average Bonchev–Trinajstić information content (AvgIpc) is 2.93. The second-order valence-electron chi connectivity index (χ2n) is 7.75. The van der Waals surface area contributed by atoms with E-state index in [0.717, 1.165) is 5.56 Å². The van der Waals surface area contributed by atoms with E-state index in [1.807, 2.05) is 30.3 Å². The maximum atomic E-state index is 12.7. The Bertz CT molecular complexity index is 1420. The molecule has 0 spiro atoms. The van der Waals surface area contributed by atoms with Gasteiger partial charge in [0.2, 0.25) is 0 Å².